The van der Waals surface area contributed by atoms with Gasteiger partial charge >= 0.3 is 0 Å². The number of carbonyl (C=O) groups is 1. The number of halogens is 1. The van der Waals surface area contributed by atoms with E-state index in [1.807, 2.05) is 13.8 Å². The minimum atomic E-state index is -0.489. The summed E-state index contributed by atoms with van der Waals surface area (Å²) in [6.45, 7) is 3.72. The highest BCUT2D eigenvalue weighted by Crippen LogP contribution is 2.33. The number of carbonyl (C=O) groups excluding carboxylic acids is 1. The fourth-order valence-electron chi connectivity index (χ4n) is 2.12. The fraction of sp³-hybridized carbons (Fsp3) is 0.375. The molecule has 0 fully saturated rings. The Hall–Kier alpha value is -2.57. The van der Waals surface area contributed by atoms with Crippen LogP contribution in [0.4, 0.5) is 10.2 Å². The summed E-state index contributed by atoms with van der Waals surface area (Å²) in [5.41, 5.74) is 0.815. The predicted octanol–water partition coefficient (Wildman–Crippen LogP) is 2.69. The Morgan fingerprint density at radius 3 is 2.65 bits per heavy atom. The van der Waals surface area contributed by atoms with Crippen LogP contribution in [0, 0.1) is 5.82 Å². The summed E-state index contributed by atoms with van der Waals surface area (Å²) >= 11 is 0. The third kappa shape index (κ3) is 3.44. The van der Waals surface area contributed by atoms with Crippen molar-refractivity contribution >= 4 is 11.7 Å². The van der Waals surface area contributed by atoms with E-state index in [4.69, 9.17) is 9.26 Å². The Bertz CT molecular complexity index is 711. The molecular weight excluding hydrogens is 301 g/mol. The van der Waals surface area contributed by atoms with E-state index in [-0.39, 0.29) is 23.5 Å². The second-order valence-corrected chi connectivity index (χ2v) is 5.58. The van der Waals surface area contributed by atoms with Crippen molar-refractivity contribution in [2.45, 2.75) is 19.9 Å². The number of benzene rings is 1. The lowest BCUT2D eigenvalue weighted by Gasteiger charge is -2.13. The average Bonchev–Trinajstić information content (AvgIpc) is 2.92. The lowest BCUT2D eigenvalue weighted by Crippen LogP contribution is -2.31. The standard InChI is InChI=1S/C16H20FN3O3/c1-9(2)18-16(21)13-14(23-19-15(13)20(3)4)10-6-7-11(17)12(8-10)22-5/h6-9H,1-5H3,(H,18,21). The molecule has 0 saturated carbocycles. The molecule has 1 aromatic carbocycles. The summed E-state index contributed by atoms with van der Waals surface area (Å²) in [4.78, 5) is 14.2. The molecule has 7 heteroatoms. The van der Waals surface area contributed by atoms with Crippen LogP contribution in [0.1, 0.15) is 24.2 Å². The second-order valence-electron chi connectivity index (χ2n) is 5.58. The van der Waals surface area contributed by atoms with Crippen molar-refractivity contribution in [3.8, 4) is 17.1 Å². The highest BCUT2D eigenvalue weighted by atomic mass is 19.1. The molecule has 1 aromatic heterocycles. The molecule has 1 heterocycles. The molecule has 0 unspecified atom stereocenters. The zero-order chi connectivity index (χ0) is 17.1. The maximum Gasteiger partial charge on any atom is 0.259 e. The summed E-state index contributed by atoms with van der Waals surface area (Å²) in [5.74, 6) is -0.0489. The lowest BCUT2D eigenvalue weighted by atomic mass is 10.1. The minimum Gasteiger partial charge on any atom is -0.494 e. The van der Waals surface area contributed by atoms with Gasteiger partial charge in [0, 0.05) is 25.7 Å². The summed E-state index contributed by atoms with van der Waals surface area (Å²) in [6, 6.07) is 4.21. The molecule has 0 saturated heterocycles. The fourth-order valence-corrected chi connectivity index (χ4v) is 2.12. The Morgan fingerprint density at radius 1 is 1.39 bits per heavy atom. The van der Waals surface area contributed by atoms with Crippen molar-refractivity contribution in [2.75, 3.05) is 26.1 Å². The number of rotatable bonds is 5. The zero-order valence-electron chi connectivity index (χ0n) is 13.8. The van der Waals surface area contributed by atoms with E-state index >= 15 is 0 Å². The quantitative estimate of drug-likeness (QED) is 0.917. The number of hydrogen-bond acceptors (Lipinski definition) is 5. The van der Waals surface area contributed by atoms with Gasteiger partial charge in [0.15, 0.2) is 23.1 Å². The third-order valence-electron chi connectivity index (χ3n) is 3.16. The molecule has 0 aliphatic carbocycles. The number of methoxy groups -OCH3 is 1. The van der Waals surface area contributed by atoms with Gasteiger partial charge in [-0.1, -0.05) is 5.16 Å². The number of ether oxygens (including phenoxy) is 1. The van der Waals surface area contributed by atoms with Gasteiger partial charge in [0.2, 0.25) is 0 Å². The molecule has 124 valence electrons. The van der Waals surface area contributed by atoms with Gasteiger partial charge in [-0.25, -0.2) is 4.39 Å². The molecule has 23 heavy (non-hydrogen) atoms. The van der Waals surface area contributed by atoms with E-state index in [0.717, 1.165) is 0 Å². The largest absolute Gasteiger partial charge is 0.494 e. The molecule has 1 N–H and O–H groups in total. The highest BCUT2D eigenvalue weighted by Gasteiger charge is 2.26. The second kappa shape index (κ2) is 6.68. The number of nitrogens with one attached hydrogen (secondary N) is 1. The van der Waals surface area contributed by atoms with Crippen molar-refractivity contribution in [2.24, 2.45) is 0 Å². The third-order valence-corrected chi connectivity index (χ3v) is 3.16. The summed E-state index contributed by atoms with van der Waals surface area (Å²) in [6.07, 6.45) is 0. The van der Waals surface area contributed by atoms with Gasteiger partial charge in [-0.3, -0.25) is 4.79 Å². The van der Waals surface area contributed by atoms with E-state index < -0.39 is 5.82 Å². The smallest absolute Gasteiger partial charge is 0.259 e. The topological polar surface area (TPSA) is 67.6 Å². The molecule has 0 bridgehead atoms. The SMILES string of the molecule is COc1cc(-c2onc(N(C)C)c2C(=O)NC(C)C)ccc1F. The Labute approximate surface area is 134 Å². The van der Waals surface area contributed by atoms with Crippen LogP contribution in [-0.4, -0.2) is 38.3 Å². The molecule has 0 radical (unpaired) electrons. The number of anilines is 1. The van der Waals surface area contributed by atoms with Crippen molar-refractivity contribution in [3.63, 3.8) is 0 Å². The van der Waals surface area contributed by atoms with Crippen molar-refractivity contribution < 1.29 is 18.4 Å². The van der Waals surface area contributed by atoms with Crippen LogP contribution in [0.15, 0.2) is 22.7 Å². The van der Waals surface area contributed by atoms with Crippen molar-refractivity contribution in [1.82, 2.24) is 10.5 Å². The van der Waals surface area contributed by atoms with Crippen molar-refractivity contribution in [3.05, 3.63) is 29.6 Å². The average molecular weight is 321 g/mol. The summed E-state index contributed by atoms with van der Waals surface area (Å²) in [5, 5.41) is 6.77. The first-order valence-electron chi connectivity index (χ1n) is 7.17. The van der Waals surface area contributed by atoms with Gasteiger partial charge in [0.25, 0.3) is 5.91 Å². The summed E-state index contributed by atoms with van der Waals surface area (Å²) < 4.78 is 23.9. The maximum absolute atomic E-state index is 13.6. The first-order valence-corrected chi connectivity index (χ1v) is 7.17. The molecule has 1 amide bonds. The molecule has 0 spiro atoms. The van der Waals surface area contributed by atoms with E-state index in [2.05, 4.69) is 10.5 Å². The molecular formula is C16H20FN3O3. The minimum absolute atomic E-state index is 0.0389. The van der Waals surface area contributed by atoms with E-state index in [9.17, 15) is 9.18 Å². The number of amides is 1. The van der Waals surface area contributed by atoms with Crippen LogP contribution >= 0.6 is 0 Å². The molecule has 6 nitrogen and oxygen atoms in total. The van der Waals surface area contributed by atoms with E-state index in [0.29, 0.717) is 16.9 Å². The van der Waals surface area contributed by atoms with Gasteiger partial charge in [0.1, 0.15) is 5.56 Å². The van der Waals surface area contributed by atoms with Crippen LogP contribution in [0.3, 0.4) is 0 Å². The van der Waals surface area contributed by atoms with E-state index in [1.54, 1.807) is 19.0 Å². The van der Waals surface area contributed by atoms with E-state index in [1.165, 1.54) is 25.3 Å². The van der Waals surface area contributed by atoms with Gasteiger partial charge in [-0.2, -0.15) is 0 Å². The number of nitrogens with zero attached hydrogens (tertiary/aromatic N) is 2. The van der Waals surface area contributed by atoms with Crippen LogP contribution in [0.5, 0.6) is 5.75 Å². The van der Waals surface area contributed by atoms with Crippen molar-refractivity contribution in [1.29, 1.82) is 0 Å². The Morgan fingerprint density at radius 2 is 2.09 bits per heavy atom. The Balaban J connectivity index is 2.56. The van der Waals surface area contributed by atoms with Crippen LogP contribution < -0.4 is 15.0 Å². The van der Waals surface area contributed by atoms with Gasteiger partial charge in [0.05, 0.1) is 7.11 Å². The van der Waals surface area contributed by atoms with Gasteiger partial charge < -0.3 is 19.5 Å². The molecule has 2 aromatic rings. The zero-order valence-corrected chi connectivity index (χ0v) is 13.8. The van der Waals surface area contributed by atoms with Crippen LogP contribution in [0.25, 0.3) is 11.3 Å². The van der Waals surface area contributed by atoms with Crippen LogP contribution in [-0.2, 0) is 0 Å². The predicted molar refractivity (Wildman–Crippen MR) is 85.4 cm³/mol. The normalized spacial score (nSPS) is 10.7. The lowest BCUT2D eigenvalue weighted by molar-refractivity contribution is 0.0944. The summed E-state index contributed by atoms with van der Waals surface area (Å²) in [7, 11) is 4.90. The number of hydrogen-bond donors (Lipinski definition) is 1. The van der Waals surface area contributed by atoms with Gasteiger partial charge in [-0.05, 0) is 32.0 Å². The highest BCUT2D eigenvalue weighted by molar-refractivity contribution is 6.04. The molecule has 0 aliphatic rings. The monoisotopic (exact) mass is 321 g/mol. The number of aromatic nitrogens is 1. The molecule has 2 rings (SSSR count). The molecule has 0 atom stereocenters. The van der Waals surface area contributed by atoms with Gasteiger partial charge in [-0.15, -0.1) is 0 Å². The van der Waals surface area contributed by atoms with Crippen LogP contribution in [0.2, 0.25) is 0 Å². The first kappa shape index (κ1) is 16.8. The Kier molecular flexibility index (Phi) is 4.88. The maximum atomic E-state index is 13.6. The molecule has 0 aliphatic heterocycles. The first-order chi connectivity index (χ1) is 10.8.